The van der Waals surface area contributed by atoms with E-state index in [1.807, 2.05) is 0 Å². The minimum atomic E-state index is -0.626. The fourth-order valence-corrected chi connectivity index (χ4v) is 5.13. The number of hydrogen-bond acceptors (Lipinski definition) is 2. The fourth-order valence-electron chi connectivity index (χ4n) is 3.24. The van der Waals surface area contributed by atoms with E-state index in [0.717, 1.165) is 22.2 Å². The molecular weight excluding hydrogens is 296 g/mol. The number of halogens is 1. The van der Waals surface area contributed by atoms with Crippen molar-refractivity contribution in [3.63, 3.8) is 0 Å². The van der Waals surface area contributed by atoms with Crippen molar-refractivity contribution in [3.05, 3.63) is 20.8 Å². The first kappa shape index (κ1) is 13.6. The predicted octanol–water partition coefficient (Wildman–Crippen LogP) is 4.79. The molecule has 2 rings (SSSR count). The highest BCUT2D eigenvalue weighted by molar-refractivity contribution is 9.10. The van der Waals surface area contributed by atoms with Crippen LogP contribution in [-0.2, 0) is 5.60 Å². The van der Waals surface area contributed by atoms with Crippen molar-refractivity contribution >= 4 is 27.3 Å². The van der Waals surface area contributed by atoms with Crippen LogP contribution in [0.25, 0.3) is 0 Å². The van der Waals surface area contributed by atoms with Crippen LogP contribution in [0.2, 0.25) is 0 Å². The van der Waals surface area contributed by atoms with E-state index < -0.39 is 5.60 Å². The van der Waals surface area contributed by atoms with Gasteiger partial charge in [0.25, 0.3) is 0 Å². The Kier molecular flexibility index (Phi) is 4.01. The normalized spacial score (nSPS) is 34.2. The molecule has 0 aliphatic heterocycles. The SMILES string of the molecule is CC1CCC(C(C)C)C(O)(c2sccc2Br)C1. The second-order valence-electron chi connectivity index (χ2n) is 5.76. The molecule has 0 amide bonds. The molecule has 0 aromatic carbocycles. The second-order valence-corrected chi connectivity index (χ2v) is 7.53. The van der Waals surface area contributed by atoms with Gasteiger partial charge in [-0.15, -0.1) is 11.3 Å². The smallest absolute Gasteiger partial charge is 0.103 e. The average molecular weight is 317 g/mol. The van der Waals surface area contributed by atoms with E-state index >= 15 is 0 Å². The summed E-state index contributed by atoms with van der Waals surface area (Å²) in [4.78, 5) is 1.13. The highest BCUT2D eigenvalue weighted by Gasteiger charge is 2.45. The van der Waals surface area contributed by atoms with Gasteiger partial charge in [-0.25, -0.2) is 0 Å². The first-order valence-corrected chi connectivity index (χ1v) is 8.08. The molecule has 1 saturated carbocycles. The van der Waals surface area contributed by atoms with Crippen molar-refractivity contribution in [2.24, 2.45) is 17.8 Å². The fraction of sp³-hybridized carbons (Fsp3) is 0.714. The lowest BCUT2D eigenvalue weighted by atomic mass is 9.66. The minimum Gasteiger partial charge on any atom is -0.384 e. The Morgan fingerprint density at radius 2 is 2.18 bits per heavy atom. The highest BCUT2D eigenvalue weighted by atomic mass is 79.9. The predicted molar refractivity (Wildman–Crippen MR) is 77.3 cm³/mol. The molecule has 1 aromatic rings. The van der Waals surface area contributed by atoms with Crippen LogP contribution in [0.5, 0.6) is 0 Å². The average Bonchev–Trinajstić information content (AvgIpc) is 2.64. The first-order valence-electron chi connectivity index (χ1n) is 6.41. The molecule has 3 heteroatoms. The summed E-state index contributed by atoms with van der Waals surface area (Å²) < 4.78 is 1.07. The summed E-state index contributed by atoms with van der Waals surface area (Å²) in [6, 6.07) is 2.05. The van der Waals surface area contributed by atoms with Crippen LogP contribution in [0.3, 0.4) is 0 Å². The molecule has 1 aliphatic rings. The topological polar surface area (TPSA) is 20.2 Å². The molecule has 1 aromatic heterocycles. The third-order valence-electron chi connectivity index (χ3n) is 4.06. The Morgan fingerprint density at radius 3 is 2.71 bits per heavy atom. The molecule has 1 fully saturated rings. The Morgan fingerprint density at radius 1 is 1.47 bits per heavy atom. The lowest BCUT2D eigenvalue weighted by molar-refractivity contribution is -0.0842. The maximum atomic E-state index is 11.2. The van der Waals surface area contributed by atoms with Gasteiger partial charge in [0.15, 0.2) is 0 Å². The molecule has 0 saturated heterocycles. The van der Waals surface area contributed by atoms with Crippen molar-refractivity contribution in [1.82, 2.24) is 0 Å². The molecule has 1 nitrogen and oxygen atoms in total. The summed E-state index contributed by atoms with van der Waals surface area (Å²) in [7, 11) is 0. The maximum Gasteiger partial charge on any atom is 0.103 e. The van der Waals surface area contributed by atoms with E-state index in [9.17, 15) is 5.11 Å². The molecule has 1 aliphatic carbocycles. The standard InChI is InChI=1S/C14H21BrOS/c1-9(2)11-5-4-10(3)8-14(11,16)13-12(15)6-7-17-13/h6-7,9-11,16H,4-5,8H2,1-3H3. The third-order valence-corrected chi connectivity index (χ3v) is 6.06. The zero-order chi connectivity index (χ0) is 12.6. The van der Waals surface area contributed by atoms with Crippen LogP contribution < -0.4 is 0 Å². The van der Waals surface area contributed by atoms with Gasteiger partial charge in [-0.1, -0.05) is 27.2 Å². The Bertz CT molecular complexity index is 387. The van der Waals surface area contributed by atoms with E-state index in [-0.39, 0.29) is 0 Å². The van der Waals surface area contributed by atoms with Gasteiger partial charge in [-0.3, -0.25) is 0 Å². The number of hydrogen-bond donors (Lipinski definition) is 1. The molecule has 0 radical (unpaired) electrons. The van der Waals surface area contributed by atoms with Gasteiger partial charge < -0.3 is 5.11 Å². The lowest BCUT2D eigenvalue weighted by Gasteiger charge is -2.44. The molecule has 3 atom stereocenters. The monoisotopic (exact) mass is 316 g/mol. The number of aliphatic hydroxyl groups is 1. The molecule has 1 heterocycles. The first-order chi connectivity index (χ1) is 7.95. The molecule has 17 heavy (non-hydrogen) atoms. The van der Waals surface area contributed by atoms with Gasteiger partial charge in [0.05, 0.1) is 4.88 Å². The van der Waals surface area contributed by atoms with Crippen LogP contribution in [0.15, 0.2) is 15.9 Å². The molecule has 1 N–H and O–H groups in total. The summed E-state index contributed by atoms with van der Waals surface area (Å²) >= 11 is 5.27. The van der Waals surface area contributed by atoms with Crippen LogP contribution >= 0.6 is 27.3 Å². The Labute approximate surface area is 116 Å². The zero-order valence-electron chi connectivity index (χ0n) is 10.7. The summed E-state index contributed by atoms with van der Waals surface area (Å²) in [5, 5.41) is 13.3. The van der Waals surface area contributed by atoms with Crippen molar-refractivity contribution in [1.29, 1.82) is 0 Å². The number of rotatable bonds is 2. The van der Waals surface area contributed by atoms with E-state index in [0.29, 0.717) is 17.8 Å². The molecule has 96 valence electrons. The van der Waals surface area contributed by atoms with Crippen molar-refractivity contribution in [3.8, 4) is 0 Å². The Hall–Kier alpha value is 0.140. The van der Waals surface area contributed by atoms with E-state index in [4.69, 9.17) is 0 Å². The largest absolute Gasteiger partial charge is 0.384 e. The van der Waals surface area contributed by atoms with E-state index in [1.165, 1.54) is 6.42 Å². The van der Waals surface area contributed by atoms with Gasteiger partial charge in [-0.05, 0) is 58.0 Å². The van der Waals surface area contributed by atoms with Crippen molar-refractivity contribution < 1.29 is 5.11 Å². The zero-order valence-corrected chi connectivity index (χ0v) is 13.1. The molecule has 3 unspecified atom stereocenters. The van der Waals surface area contributed by atoms with Gasteiger partial charge in [0.2, 0.25) is 0 Å². The van der Waals surface area contributed by atoms with E-state index in [2.05, 4.69) is 48.1 Å². The third kappa shape index (κ3) is 2.47. The Balaban J connectivity index is 2.39. The lowest BCUT2D eigenvalue weighted by Crippen LogP contribution is -2.42. The van der Waals surface area contributed by atoms with E-state index in [1.54, 1.807) is 11.3 Å². The minimum absolute atomic E-state index is 0.383. The quantitative estimate of drug-likeness (QED) is 0.831. The summed E-state index contributed by atoms with van der Waals surface area (Å²) in [5.41, 5.74) is -0.626. The summed E-state index contributed by atoms with van der Waals surface area (Å²) in [6.07, 6.45) is 3.28. The van der Waals surface area contributed by atoms with Gasteiger partial charge in [0, 0.05) is 4.47 Å². The second kappa shape index (κ2) is 5.02. The van der Waals surface area contributed by atoms with Crippen LogP contribution in [0.4, 0.5) is 0 Å². The molecular formula is C14H21BrOS. The van der Waals surface area contributed by atoms with Crippen LogP contribution in [0, 0.1) is 17.8 Å². The van der Waals surface area contributed by atoms with Crippen LogP contribution in [-0.4, -0.2) is 5.11 Å². The van der Waals surface area contributed by atoms with Gasteiger partial charge >= 0.3 is 0 Å². The molecule has 0 spiro atoms. The highest BCUT2D eigenvalue weighted by Crippen LogP contribution is 2.50. The number of thiophene rings is 1. The van der Waals surface area contributed by atoms with Crippen molar-refractivity contribution in [2.75, 3.05) is 0 Å². The van der Waals surface area contributed by atoms with Crippen molar-refractivity contribution in [2.45, 2.75) is 45.6 Å². The molecule has 0 bridgehead atoms. The summed E-state index contributed by atoms with van der Waals surface area (Å²) in [5.74, 6) is 1.53. The van der Waals surface area contributed by atoms with Gasteiger partial charge in [0.1, 0.15) is 5.60 Å². The maximum absolute atomic E-state index is 11.2. The van der Waals surface area contributed by atoms with Crippen LogP contribution in [0.1, 0.15) is 44.9 Å². The van der Waals surface area contributed by atoms with Gasteiger partial charge in [-0.2, -0.15) is 0 Å². The summed E-state index contributed by atoms with van der Waals surface area (Å²) in [6.45, 7) is 6.71.